The fourth-order valence-electron chi connectivity index (χ4n) is 3.30. The van der Waals surface area contributed by atoms with Gasteiger partial charge in [0.1, 0.15) is 10.7 Å². The third kappa shape index (κ3) is 5.37. The van der Waals surface area contributed by atoms with Crippen LogP contribution in [0.4, 0.5) is 4.39 Å². The smallest absolute Gasteiger partial charge is 0.244 e. The molecule has 0 spiro atoms. The number of hydrogen-bond donors (Lipinski definition) is 0. The molecule has 0 bridgehead atoms. The highest BCUT2D eigenvalue weighted by molar-refractivity contribution is 7.89. The van der Waals surface area contributed by atoms with E-state index < -0.39 is 10.0 Å². The Labute approximate surface area is 170 Å². The van der Waals surface area contributed by atoms with Crippen LogP contribution in [0.1, 0.15) is 12.0 Å². The summed E-state index contributed by atoms with van der Waals surface area (Å²) in [5.74, 6) is -0.473. The van der Waals surface area contributed by atoms with E-state index in [2.05, 4.69) is 9.88 Å². The molecule has 0 aliphatic carbocycles. The zero-order chi connectivity index (χ0) is 20.9. The van der Waals surface area contributed by atoms with Crippen molar-refractivity contribution in [2.75, 3.05) is 39.8 Å². The molecule has 0 unspecified atom stereocenters. The molecule has 1 aromatic heterocycles. The van der Waals surface area contributed by atoms with Crippen molar-refractivity contribution in [1.29, 1.82) is 0 Å². The molecule has 2 aromatic rings. The number of halogens is 1. The van der Waals surface area contributed by atoms with E-state index in [9.17, 15) is 17.6 Å². The predicted octanol–water partition coefficient (Wildman–Crippen LogP) is 1.58. The lowest BCUT2D eigenvalue weighted by molar-refractivity contribution is -0.131. The first kappa shape index (κ1) is 21.4. The number of carbonyl (C=O) groups excluding carboxylic acids is 1. The molecule has 1 saturated heterocycles. The SMILES string of the molecule is CN(CC(=O)N1CCCN(Cc2ccccc2F)CC1)S(=O)(=O)c1cccnc1. The highest BCUT2D eigenvalue weighted by Crippen LogP contribution is 2.15. The summed E-state index contributed by atoms with van der Waals surface area (Å²) in [5.41, 5.74) is 0.634. The van der Waals surface area contributed by atoms with Gasteiger partial charge in [0.25, 0.3) is 0 Å². The topological polar surface area (TPSA) is 73.8 Å². The van der Waals surface area contributed by atoms with Crippen LogP contribution in [0.2, 0.25) is 0 Å². The van der Waals surface area contributed by atoms with Gasteiger partial charge in [0.05, 0.1) is 6.54 Å². The quantitative estimate of drug-likeness (QED) is 0.709. The summed E-state index contributed by atoms with van der Waals surface area (Å²) in [4.78, 5) is 20.4. The van der Waals surface area contributed by atoms with Crippen LogP contribution in [0.15, 0.2) is 53.7 Å². The first-order valence-corrected chi connectivity index (χ1v) is 10.9. The zero-order valence-electron chi connectivity index (χ0n) is 16.4. The fourth-order valence-corrected chi connectivity index (χ4v) is 4.39. The van der Waals surface area contributed by atoms with Crippen LogP contribution in [-0.4, -0.2) is 73.2 Å². The van der Waals surface area contributed by atoms with Crippen molar-refractivity contribution in [1.82, 2.24) is 19.1 Å². The number of sulfonamides is 1. The number of amides is 1. The average Bonchev–Trinajstić information content (AvgIpc) is 2.96. The molecule has 1 aromatic carbocycles. The number of hydrogen-bond acceptors (Lipinski definition) is 5. The molecule has 0 atom stereocenters. The Bertz CT molecular complexity index is 940. The molecule has 9 heteroatoms. The maximum Gasteiger partial charge on any atom is 0.244 e. The molecule has 29 heavy (non-hydrogen) atoms. The Hall–Kier alpha value is -2.36. The molecule has 0 N–H and O–H groups in total. The lowest BCUT2D eigenvalue weighted by Gasteiger charge is -2.24. The molecule has 1 aliphatic rings. The van der Waals surface area contributed by atoms with E-state index in [0.717, 1.165) is 17.3 Å². The monoisotopic (exact) mass is 420 g/mol. The van der Waals surface area contributed by atoms with Crippen molar-refractivity contribution in [2.45, 2.75) is 17.9 Å². The number of likely N-dealkylation sites (N-methyl/N-ethyl adjacent to an activating group) is 1. The minimum atomic E-state index is -3.77. The normalized spacial score (nSPS) is 16.0. The second kappa shape index (κ2) is 9.43. The van der Waals surface area contributed by atoms with Crippen molar-refractivity contribution in [3.63, 3.8) is 0 Å². The van der Waals surface area contributed by atoms with Gasteiger partial charge in [-0.05, 0) is 24.6 Å². The van der Waals surface area contributed by atoms with Gasteiger partial charge >= 0.3 is 0 Å². The number of benzene rings is 1. The molecule has 1 amide bonds. The molecule has 3 rings (SSSR count). The molecular weight excluding hydrogens is 395 g/mol. The van der Waals surface area contributed by atoms with Gasteiger partial charge in [0.2, 0.25) is 15.9 Å². The van der Waals surface area contributed by atoms with Crippen molar-refractivity contribution < 1.29 is 17.6 Å². The van der Waals surface area contributed by atoms with E-state index in [1.54, 1.807) is 23.1 Å². The molecule has 156 valence electrons. The number of rotatable bonds is 6. The molecule has 7 nitrogen and oxygen atoms in total. The van der Waals surface area contributed by atoms with Crippen molar-refractivity contribution in [2.24, 2.45) is 0 Å². The highest BCUT2D eigenvalue weighted by Gasteiger charge is 2.26. The van der Waals surface area contributed by atoms with Crippen LogP contribution in [0.25, 0.3) is 0 Å². The third-order valence-corrected chi connectivity index (χ3v) is 6.78. The third-order valence-electron chi connectivity index (χ3n) is 4.99. The summed E-state index contributed by atoms with van der Waals surface area (Å²) in [7, 11) is -2.38. The van der Waals surface area contributed by atoms with Crippen LogP contribution in [0.5, 0.6) is 0 Å². The van der Waals surface area contributed by atoms with E-state index in [1.165, 1.54) is 31.6 Å². The summed E-state index contributed by atoms with van der Waals surface area (Å²) in [6.45, 7) is 2.65. The van der Waals surface area contributed by atoms with Gasteiger partial charge in [-0.25, -0.2) is 12.8 Å². The van der Waals surface area contributed by atoms with Crippen molar-refractivity contribution in [3.05, 3.63) is 60.2 Å². The van der Waals surface area contributed by atoms with E-state index in [4.69, 9.17) is 0 Å². The van der Waals surface area contributed by atoms with Crippen LogP contribution < -0.4 is 0 Å². The maximum atomic E-state index is 13.9. The highest BCUT2D eigenvalue weighted by atomic mass is 32.2. The van der Waals surface area contributed by atoms with Gasteiger partial charge < -0.3 is 4.90 Å². The predicted molar refractivity (Wildman–Crippen MR) is 107 cm³/mol. The van der Waals surface area contributed by atoms with Crippen LogP contribution in [0, 0.1) is 5.82 Å². The largest absolute Gasteiger partial charge is 0.340 e. The van der Waals surface area contributed by atoms with Gasteiger partial charge in [-0.2, -0.15) is 4.31 Å². The van der Waals surface area contributed by atoms with E-state index in [0.29, 0.717) is 31.7 Å². The fraction of sp³-hybridized carbons (Fsp3) is 0.400. The zero-order valence-corrected chi connectivity index (χ0v) is 17.2. The molecule has 0 saturated carbocycles. The first-order valence-electron chi connectivity index (χ1n) is 9.48. The second-order valence-corrected chi connectivity index (χ2v) is 9.10. The minimum Gasteiger partial charge on any atom is -0.340 e. The second-order valence-electron chi connectivity index (χ2n) is 7.05. The van der Waals surface area contributed by atoms with Crippen LogP contribution in [-0.2, 0) is 21.4 Å². The maximum absolute atomic E-state index is 13.9. The van der Waals surface area contributed by atoms with Crippen molar-refractivity contribution in [3.8, 4) is 0 Å². The summed E-state index contributed by atoms with van der Waals surface area (Å²) < 4.78 is 40.1. The Morgan fingerprint density at radius 3 is 2.66 bits per heavy atom. The Kier molecular flexibility index (Phi) is 6.94. The summed E-state index contributed by atoms with van der Waals surface area (Å²) in [6, 6.07) is 9.68. The Balaban J connectivity index is 1.57. The van der Waals surface area contributed by atoms with Crippen LogP contribution in [0.3, 0.4) is 0 Å². The minimum absolute atomic E-state index is 0.0576. The van der Waals surface area contributed by atoms with Gasteiger partial charge in [-0.1, -0.05) is 18.2 Å². The lowest BCUT2D eigenvalue weighted by atomic mass is 10.2. The number of aromatic nitrogens is 1. The van der Waals surface area contributed by atoms with E-state index >= 15 is 0 Å². The Morgan fingerprint density at radius 2 is 1.93 bits per heavy atom. The summed E-state index contributed by atoms with van der Waals surface area (Å²) >= 11 is 0. The molecular formula is C20H25FN4O3S. The molecule has 1 aliphatic heterocycles. The van der Waals surface area contributed by atoms with E-state index in [1.807, 2.05) is 6.07 Å². The summed E-state index contributed by atoms with van der Waals surface area (Å²) in [5, 5.41) is 0. The number of pyridine rings is 1. The van der Waals surface area contributed by atoms with E-state index in [-0.39, 0.29) is 23.2 Å². The Morgan fingerprint density at radius 1 is 1.14 bits per heavy atom. The molecule has 2 heterocycles. The van der Waals surface area contributed by atoms with Crippen molar-refractivity contribution >= 4 is 15.9 Å². The number of carbonyl (C=O) groups is 1. The average molecular weight is 421 g/mol. The molecule has 0 radical (unpaired) electrons. The van der Waals surface area contributed by atoms with Gasteiger partial charge in [0, 0.05) is 57.7 Å². The summed E-state index contributed by atoms with van der Waals surface area (Å²) in [6.07, 6.45) is 3.51. The van der Waals surface area contributed by atoms with Crippen LogP contribution >= 0.6 is 0 Å². The first-order chi connectivity index (χ1) is 13.9. The molecule has 1 fully saturated rings. The standard InChI is InChI=1S/C20H25FN4O3S/c1-23(29(27,28)18-7-4-9-22-14-18)16-20(26)25-11-5-10-24(12-13-25)15-17-6-2-3-8-19(17)21/h2-4,6-9,14H,5,10-13,15-16H2,1H3. The van der Waals surface area contributed by atoms with Gasteiger partial charge in [-0.3, -0.25) is 14.7 Å². The van der Waals surface area contributed by atoms with Gasteiger partial charge in [-0.15, -0.1) is 0 Å². The van der Waals surface area contributed by atoms with Gasteiger partial charge in [0.15, 0.2) is 0 Å². The number of nitrogens with zero attached hydrogens (tertiary/aromatic N) is 4. The lowest BCUT2D eigenvalue weighted by Crippen LogP contribution is -2.42.